The van der Waals surface area contributed by atoms with E-state index in [1.165, 1.54) is 12.1 Å². The Kier molecular flexibility index (Phi) is 6.82. The van der Waals surface area contributed by atoms with E-state index in [9.17, 15) is 9.50 Å². The number of hydrogen-bond donors (Lipinski definition) is 1. The molecule has 1 unspecified atom stereocenters. The Balaban J connectivity index is 2.33. The molecule has 0 spiro atoms. The lowest BCUT2D eigenvalue weighted by molar-refractivity contribution is 0.181. The Hall–Kier alpha value is -0.930. The molecule has 96 valence electrons. The van der Waals surface area contributed by atoms with Gasteiger partial charge in [-0.15, -0.1) is 0 Å². The van der Waals surface area contributed by atoms with Gasteiger partial charge in [0.05, 0.1) is 0 Å². The third-order valence-corrected chi connectivity index (χ3v) is 2.91. The van der Waals surface area contributed by atoms with Gasteiger partial charge in [-0.25, -0.2) is 4.39 Å². The van der Waals surface area contributed by atoms with Gasteiger partial charge >= 0.3 is 0 Å². The molecular formula is C14H21FO2. The minimum atomic E-state index is -0.214. The molecule has 0 bridgehead atoms. The van der Waals surface area contributed by atoms with Crippen LogP contribution < -0.4 is 0 Å². The van der Waals surface area contributed by atoms with E-state index in [1.807, 2.05) is 0 Å². The minimum Gasteiger partial charge on any atom is -0.396 e. The number of methoxy groups -OCH3 is 1. The predicted molar refractivity (Wildman–Crippen MR) is 66.4 cm³/mol. The first-order valence-corrected chi connectivity index (χ1v) is 6.10. The first-order valence-electron chi connectivity index (χ1n) is 6.10. The predicted octanol–water partition coefficient (Wildman–Crippen LogP) is 2.79. The van der Waals surface area contributed by atoms with Crippen molar-refractivity contribution >= 4 is 0 Å². The highest BCUT2D eigenvalue weighted by Gasteiger charge is 2.08. The zero-order chi connectivity index (χ0) is 12.5. The molecule has 1 aromatic carbocycles. The second-order valence-electron chi connectivity index (χ2n) is 4.37. The number of benzene rings is 1. The Morgan fingerprint density at radius 1 is 1.24 bits per heavy atom. The monoisotopic (exact) mass is 240 g/mol. The highest BCUT2D eigenvalue weighted by molar-refractivity contribution is 5.16. The summed E-state index contributed by atoms with van der Waals surface area (Å²) in [6, 6.07) is 6.50. The number of ether oxygens (including phenoxy) is 1. The van der Waals surface area contributed by atoms with Crippen molar-refractivity contribution in [2.75, 3.05) is 20.3 Å². The molecule has 2 nitrogen and oxygen atoms in total. The average molecular weight is 240 g/mol. The third-order valence-electron chi connectivity index (χ3n) is 2.91. The smallest absolute Gasteiger partial charge is 0.123 e. The highest BCUT2D eigenvalue weighted by atomic mass is 19.1. The van der Waals surface area contributed by atoms with Crippen molar-refractivity contribution in [3.05, 3.63) is 35.6 Å². The van der Waals surface area contributed by atoms with E-state index in [4.69, 9.17) is 4.74 Å². The molecule has 0 aliphatic carbocycles. The summed E-state index contributed by atoms with van der Waals surface area (Å²) in [4.78, 5) is 0. The van der Waals surface area contributed by atoms with E-state index in [0.717, 1.165) is 37.9 Å². The van der Waals surface area contributed by atoms with Crippen LogP contribution in [0.3, 0.4) is 0 Å². The van der Waals surface area contributed by atoms with Crippen LogP contribution in [-0.2, 0) is 11.2 Å². The van der Waals surface area contributed by atoms with Crippen LogP contribution in [0.5, 0.6) is 0 Å². The van der Waals surface area contributed by atoms with Gasteiger partial charge in [0.25, 0.3) is 0 Å². The number of rotatable bonds is 8. The van der Waals surface area contributed by atoms with Crippen molar-refractivity contribution in [1.82, 2.24) is 0 Å². The Morgan fingerprint density at radius 2 is 1.94 bits per heavy atom. The van der Waals surface area contributed by atoms with Crippen molar-refractivity contribution in [3.63, 3.8) is 0 Å². The zero-order valence-electron chi connectivity index (χ0n) is 10.4. The van der Waals surface area contributed by atoms with Crippen LogP contribution in [0, 0.1) is 11.7 Å². The molecular weight excluding hydrogens is 219 g/mol. The van der Waals surface area contributed by atoms with Crippen LogP contribution >= 0.6 is 0 Å². The summed E-state index contributed by atoms with van der Waals surface area (Å²) >= 11 is 0. The molecule has 1 aromatic rings. The van der Waals surface area contributed by atoms with E-state index in [0.29, 0.717) is 0 Å². The first kappa shape index (κ1) is 14.1. The first-order chi connectivity index (χ1) is 8.26. The molecule has 3 heteroatoms. The molecule has 0 saturated heterocycles. The number of halogens is 1. The quantitative estimate of drug-likeness (QED) is 0.708. The molecule has 1 rings (SSSR count). The summed E-state index contributed by atoms with van der Waals surface area (Å²) in [5.74, 6) is 0.0479. The second-order valence-corrected chi connectivity index (χ2v) is 4.37. The van der Waals surface area contributed by atoms with Gasteiger partial charge in [0, 0.05) is 20.3 Å². The van der Waals surface area contributed by atoms with E-state index in [-0.39, 0.29) is 18.3 Å². The van der Waals surface area contributed by atoms with Crippen LogP contribution in [0.1, 0.15) is 24.8 Å². The van der Waals surface area contributed by atoms with Crippen molar-refractivity contribution in [2.45, 2.75) is 25.7 Å². The van der Waals surface area contributed by atoms with Crippen molar-refractivity contribution in [3.8, 4) is 0 Å². The van der Waals surface area contributed by atoms with Gasteiger partial charge in [-0.1, -0.05) is 18.6 Å². The lowest BCUT2D eigenvalue weighted by Crippen LogP contribution is -2.10. The summed E-state index contributed by atoms with van der Waals surface area (Å²) < 4.78 is 17.7. The van der Waals surface area contributed by atoms with Crippen LogP contribution in [0.25, 0.3) is 0 Å². The number of aliphatic hydroxyl groups excluding tert-OH is 1. The van der Waals surface area contributed by atoms with Crippen molar-refractivity contribution < 1.29 is 14.2 Å². The standard InChI is InChI=1S/C14H21FO2/c1-17-9-3-2-4-13(11-16)10-12-5-7-14(15)8-6-12/h5-8,13,16H,2-4,9-11H2,1H3. The largest absolute Gasteiger partial charge is 0.396 e. The Labute approximate surface area is 102 Å². The number of unbranched alkanes of at least 4 members (excludes halogenated alkanes) is 1. The molecule has 0 radical (unpaired) electrons. The van der Waals surface area contributed by atoms with Gasteiger partial charge in [-0.2, -0.15) is 0 Å². The Morgan fingerprint density at radius 3 is 2.53 bits per heavy atom. The van der Waals surface area contributed by atoms with Gasteiger partial charge in [0.2, 0.25) is 0 Å². The fourth-order valence-electron chi connectivity index (χ4n) is 1.89. The molecule has 0 heterocycles. The van der Waals surface area contributed by atoms with Gasteiger partial charge in [0.15, 0.2) is 0 Å². The lowest BCUT2D eigenvalue weighted by Gasteiger charge is -2.13. The Bertz CT molecular complexity index is 298. The van der Waals surface area contributed by atoms with E-state index in [1.54, 1.807) is 19.2 Å². The average Bonchev–Trinajstić information content (AvgIpc) is 2.35. The fourth-order valence-corrected chi connectivity index (χ4v) is 1.89. The van der Waals surface area contributed by atoms with Gasteiger partial charge in [-0.05, 0) is 42.9 Å². The number of hydrogen-bond acceptors (Lipinski definition) is 2. The maximum Gasteiger partial charge on any atom is 0.123 e. The lowest BCUT2D eigenvalue weighted by atomic mass is 9.95. The van der Waals surface area contributed by atoms with Crippen molar-refractivity contribution in [2.24, 2.45) is 5.92 Å². The zero-order valence-corrected chi connectivity index (χ0v) is 10.4. The van der Waals surface area contributed by atoms with Crippen LogP contribution in [-0.4, -0.2) is 25.4 Å². The van der Waals surface area contributed by atoms with Crippen LogP contribution in [0.2, 0.25) is 0 Å². The molecule has 0 saturated carbocycles. The molecule has 0 aliphatic rings. The maximum absolute atomic E-state index is 12.7. The molecule has 0 aliphatic heterocycles. The number of aliphatic hydroxyl groups is 1. The third kappa shape index (κ3) is 5.80. The summed E-state index contributed by atoms with van der Waals surface area (Å²) in [7, 11) is 1.70. The fraction of sp³-hybridized carbons (Fsp3) is 0.571. The molecule has 0 amide bonds. The van der Waals surface area contributed by atoms with E-state index in [2.05, 4.69) is 0 Å². The molecule has 0 fully saturated rings. The SMILES string of the molecule is COCCCCC(CO)Cc1ccc(F)cc1. The van der Waals surface area contributed by atoms with Crippen LogP contribution in [0.4, 0.5) is 4.39 Å². The van der Waals surface area contributed by atoms with Gasteiger partial charge in [-0.3, -0.25) is 0 Å². The van der Waals surface area contributed by atoms with Crippen LogP contribution in [0.15, 0.2) is 24.3 Å². The molecule has 1 N–H and O–H groups in total. The molecule has 17 heavy (non-hydrogen) atoms. The second kappa shape index (κ2) is 8.20. The molecule has 1 atom stereocenters. The normalized spacial score (nSPS) is 12.6. The summed E-state index contributed by atoms with van der Waals surface area (Å²) in [6.07, 6.45) is 3.87. The van der Waals surface area contributed by atoms with Gasteiger partial charge in [0.1, 0.15) is 5.82 Å². The van der Waals surface area contributed by atoms with E-state index >= 15 is 0 Å². The topological polar surface area (TPSA) is 29.5 Å². The van der Waals surface area contributed by atoms with Gasteiger partial charge < -0.3 is 9.84 Å². The molecule has 0 aromatic heterocycles. The highest BCUT2D eigenvalue weighted by Crippen LogP contribution is 2.15. The van der Waals surface area contributed by atoms with E-state index < -0.39 is 0 Å². The summed E-state index contributed by atoms with van der Waals surface area (Å²) in [5, 5.41) is 9.29. The summed E-state index contributed by atoms with van der Waals surface area (Å²) in [6.45, 7) is 0.957. The summed E-state index contributed by atoms with van der Waals surface area (Å²) in [5.41, 5.74) is 1.08. The maximum atomic E-state index is 12.7. The minimum absolute atomic E-state index is 0.185. The van der Waals surface area contributed by atoms with Crippen molar-refractivity contribution in [1.29, 1.82) is 0 Å².